The number of hydrogen-bond acceptors (Lipinski definition) is 8. The van der Waals surface area contributed by atoms with E-state index in [-0.39, 0.29) is 13.2 Å². The van der Waals surface area contributed by atoms with Crippen molar-refractivity contribution >= 4 is 11.9 Å². The summed E-state index contributed by atoms with van der Waals surface area (Å²) in [6.45, 7) is 6.94. The molecule has 0 bridgehead atoms. The SMILES string of the molecule is C#CCCCOC(=O)[C@@H]1O[C@@](C)(OC)[C@](C)(OC)O[C@H]1C(=O)OCCCC=C. The predicted molar refractivity (Wildman–Crippen MR) is 100.0 cm³/mol. The van der Waals surface area contributed by atoms with Gasteiger partial charge in [0.15, 0.2) is 12.2 Å². The van der Waals surface area contributed by atoms with Crippen LogP contribution in [-0.2, 0) is 38.0 Å². The van der Waals surface area contributed by atoms with Gasteiger partial charge < -0.3 is 28.4 Å². The highest BCUT2D eigenvalue weighted by molar-refractivity contribution is 5.86. The molecule has 4 atom stereocenters. The average Bonchev–Trinajstić information content (AvgIpc) is 2.69. The lowest BCUT2D eigenvalue weighted by molar-refractivity contribution is -0.439. The highest BCUT2D eigenvalue weighted by Crippen LogP contribution is 2.39. The standard InChI is InChI=1S/C20H30O8/c1-7-9-11-13-25-17(21)15-16(18(22)26-14-12-10-8-2)28-20(4,24-6)19(3,23-5)27-15/h1,8,15-16H,2,9-14H2,3-6H3/t15-,16-,19-,20-/m1/s1. The van der Waals surface area contributed by atoms with Crippen LogP contribution in [0.4, 0.5) is 0 Å². The van der Waals surface area contributed by atoms with Crippen LogP contribution < -0.4 is 0 Å². The maximum absolute atomic E-state index is 12.6. The molecule has 8 nitrogen and oxygen atoms in total. The first-order valence-corrected chi connectivity index (χ1v) is 9.12. The van der Waals surface area contributed by atoms with Gasteiger partial charge >= 0.3 is 11.9 Å². The first-order chi connectivity index (χ1) is 13.3. The second-order valence-electron chi connectivity index (χ2n) is 6.45. The van der Waals surface area contributed by atoms with Crippen LogP contribution in [-0.4, -0.2) is 63.2 Å². The van der Waals surface area contributed by atoms with Gasteiger partial charge in [0.25, 0.3) is 0 Å². The Morgan fingerprint density at radius 3 is 1.89 bits per heavy atom. The molecule has 0 saturated carbocycles. The summed E-state index contributed by atoms with van der Waals surface area (Å²) in [5.41, 5.74) is 0. The molecular formula is C20H30O8. The van der Waals surface area contributed by atoms with E-state index in [0.717, 1.165) is 0 Å². The first kappa shape index (κ1) is 24.1. The van der Waals surface area contributed by atoms with Gasteiger partial charge in [0.2, 0.25) is 11.6 Å². The van der Waals surface area contributed by atoms with Gasteiger partial charge in [-0.15, -0.1) is 18.9 Å². The maximum atomic E-state index is 12.6. The van der Waals surface area contributed by atoms with Crippen LogP contribution >= 0.6 is 0 Å². The minimum absolute atomic E-state index is 0.0925. The van der Waals surface area contributed by atoms with E-state index in [0.29, 0.717) is 25.7 Å². The van der Waals surface area contributed by atoms with Crippen molar-refractivity contribution in [2.24, 2.45) is 0 Å². The van der Waals surface area contributed by atoms with Gasteiger partial charge in [-0.3, -0.25) is 0 Å². The molecule has 1 fully saturated rings. The Hall–Kier alpha value is -1.92. The Morgan fingerprint density at radius 2 is 1.50 bits per heavy atom. The number of rotatable bonds is 11. The fourth-order valence-electron chi connectivity index (χ4n) is 2.54. The second kappa shape index (κ2) is 11.2. The molecule has 1 heterocycles. The van der Waals surface area contributed by atoms with Crippen LogP contribution in [0.3, 0.4) is 0 Å². The molecule has 0 aliphatic carbocycles. The van der Waals surface area contributed by atoms with E-state index in [2.05, 4.69) is 12.5 Å². The fourth-order valence-corrected chi connectivity index (χ4v) is 2.54. The fraction of sp³-hybridized carbons (Fsp3) is 0.700. The van der Waals surface area contributed by atoms with E-state index in [4.69, 9.17) is 34.8 Å². The molecule has 1 saturated heterocycles. The smallest absolute Gasteiger partial charge is 0.338 e. The van der Waals surface area contributed by atoms with Crippen LogP contribution in [0.5, 0.6) is 0 Å². The van der Waals surface area contributed by atoms with Crippen molar-refractivity contribution < 1.29 is 38.0 Å². The summed E-state index contributed by atoms with van der Waals surface area (Å²) in [7, 11) is 2.76. The van der Waals surface area contributed by atoms with Crippen LogP contribution in [0.25, 0.3) is 0 Å². The molecule has 0 N–H and O–H groups in total. The number of carbonyl (C=O) groups is 2. The van der Waals surface area contributed by atoms with Crippen LogP contribution in [0.15, 0.2) is 12.7 Å². The summed E-state index contributed by atoms with van der Waals surface area (Å²) < 4.78 is 32.8. The number of carbonyl (C=O) groups excluding carboxylic acids is 2. The van der Waals surface area contributed by atoms with Crippen molar-refractivity contribution in [3.63, 3.8) is 0 Å². The number of methoxy groups -OCH3 is 2. The van der Waals surface area contributed by atoms with Gasteiger partial charge in [-0.1, -0.05) is 6.08 Å². The van der Waals surface area contributed by atoms with E-state index in [1.165, 1.54) is 14.2 Å². The number of hydrogen-bond donors (Lipinski definition) is 0. The Labute approximate surface area is 166 Å². The van der Waals surface area contributed by atoms with Crippen LogP contribution in [0, 0.1) is 12.3 Å². The average molecular weight is 398 g/mol. The van der Waals surface area contributed by atoms with Gasteiger partial charge in [0.1, 0.15) is 0 Å². The van der Waals surface area contributed by atoms with Gasteiger partial charge in [-0.05, 0) is 33.1 Å². The zero-order valence-corrected chi connectivity index (χ0v) is 17.0. The van der Waals surface area contributed by atoms with E-state index in [1.54, 1.807) is 19.9 Å². The van der Waals surface area contributed by atoms with Gasteiger partial charge in [-0.25, -0.2) is 9.59 Å². The highest BCUT2D eigenvalue weighted by Gasteiger charge is 2.60. The quantitative estimate of drug-likeness (QED) is 0.226. The predicted octanol–water partition coefficient (Wildman–Crippen LogP) is 1.96. The summed E-state index contributed by atoms with van der Waals surface area (Å²) in [5, 5.41) is 0. The summed E-state index contributed by atoms with van der Waals surface area (Å²) in [5.74, 6) is -2.00. The Kier molecular flexibility index (Phi) is 9.62. The molecule has 0 amide bonds. The molecule has 0 aromatic rings. The van der Waals surface area contributed by atoms with Crippen molar-refractivity contribution in [2.75, 3.05) is 27.4 Å². The minimum atomic E-state index is -1.47. The Balaban J connectivity index is 2.97. The molecule has 0 aromatic carbocycles. The molecule has 0 radical (unpaired) electrons. The van der Waals surface area contributed by atoms with Crippen molar-refractivity contribution in [3.05, 3.63) is 12.7 Å². The van der Waals surface area contributed by atoms with E-state index in [9.17, 15) is 9.59 Å². The summed E-state index contributed by atoms with van der Waals surface area (Å²) in [4.78, 5) is 25.1. The zero-order chi connectivity index (χ0) is 21.2. The number of allylic oxidation sites excluding steroid dienone is 1. The maximum Gasteiger partial charge on any atom is 0.338 e. The molecule has 0 spiro atoms. The molecule has 1 aliphatic heterocycles. The molecule has 0 unspecified atom stereocenters. The number of terminal acetylenes is 1. The third-order valence-corrected chi connectivity index (χ3v) is 4.55. The Bertz CT molecular complexity index is 583. The van der Waals surface area contributed by atoms with E-state index in [1.807, 2.05) is 0 Å². The van der Waals surface area contributed by atoms with Crippen LogP contribution in [0.2, 0.25) is 0 Å². The third-order valence-electron chi connectivity index (χ3n) is 4.55. The highest BCUT2D eigenvalue weighted by atomic mass is 16.8. The lowest BCUT2D eigenvalue weighted by Crippen LogP contribution is -2.68. The minimum Gasteiger partial charge on any atom is -0.464 e. The van der Waals surface area contributed by atoms with E-state index < -0.39 is 35.7 Å². The Morgan fingerprint density at radius 1 is 1.04 bits per heavy atom. The summed E-state index contributed by atoms with van der Waals surface area (Å²) in [6, 6.07) is 0. The molecule has 8 heteroatoms. The number of unbranched alkanes of at least 4 members (excludes halogenated alkanes) is 2. The van der Waals surface area contributed by atoms with Crippen LogP contribution in [0.1, 0.15) is 39.5 Å². The topological polar surface area (TPSA) is 89.5 Å². The van der Waals surface area contributed by atoms with Crippen molar-refractivity contribution in [1.82, 2.24) is 0 Å². The van der Waals surface area contributed by atoms with Gasteiger partial charge in [-0.2, -0.15) is 0 Å². The number of esters is 2. The van der Waals surface area contributed by atoms with E-state index >= 15 is 0 Å². The molecule has 1 aliphatic rings. The molecule has 158 valence electrons. The first-order valence-electron chi connectivity index (χ1n) is 9.12. The van der Waals surface area contributed by atoms with Crippen molar-refractivity contribution in [2.45, 2.75) is 63.3 Å². The molecular weight excluding hydrogens is 368 g/mol. The molecule has 28 heavy (non-hydrogen) atoms. The van der Waals surface area contributed by atoms with Gasteiger partial charge in [0.05, 0.1) is 13.2 Å². The monoisotopic (exact) mass is 398 g/mol. The summed E-state index contributed by atoms with van der Waals surface area (Å²) >= 11 is 0. The van der Waals surface area contributed by atoms with Gasteiger partial charge in [0, 0.05) is 20.6 Å². The number of ether oxygens (including phenoxy) is 6. The summed E-state index contributed by atoms with van der Waals surface area (Å²) in [6.07, 6.45) is 6.38. The molecule has 1 rings (SSSR count). The molecule has 0 aromatic heterocycles. The second-order valence-corrected chi connectivity index (χ2v) is 6.45. The zero-order valence-electron chi connectivity index (χ0n) is 17.0. The largest absolute Gasteiger partial charge is 0.464 e. The van der Waals surface area contributed by atoms with Crippen molar-refractivity contribution in [1.29, 1.82) is 0 Å². The lowest BCUT2D eigenvalue weighted by Gasteiger charge is -2.50. The third kappa shape index (κ3) is 5.79. The van der Waals surface area contributed by atoms with Crippen molar-refractivity contribution in [3.8, 4) is 12.3 Å². The normalized spacial score (nSPS) is 29.5. The lowest BCUT2D eigenvalue weighted by atomic mass is 10.0.